The van der Waals surface area contributed by atoms with Gasteiger partial charge in [0.2, 0.25) is 0 Å². The Balaban J connectivity index is 3.26. The standard InChI is InChI=1S/C13H12BrF3O3S/c1-3-20-12(19)8-4-5-9(11(14)7(2)18)10(6-8)21-13(15,16)17/h4-6,11H,3H2,1-2H3. The molecule has 0 aliphatic carbocycles. The van der Waals surface area contributed by atoms with Crippen LogP contribution in [0.3, 0.4) is 0 Å². The second-order valence-corrected chi connectivity index (χ2v) is 6.02. The van der Waals surface area contributed by atoms with E-state index in [9.17, 15) is 22.8 Å². The summed E-state index contributed by atoms with van der Waals surface area (Å²) in [7, 11) is 0. The fourth-order valence-electron chi connectivity index (χ4n) is 1.52. The molecule has 8 heteroatoms. The van der Waals surface area contributed by atoms with Crippen molar-refractivity contribution in [2.24, 2.45) is 0 Å². The second-order valence-electron chi connectivity index (χ2n) is 3.99. The van der Waals surface area contributed by atoms with E-state index in [1.165, 1.54) is 19.1 Å². The van der Waals surface area contributed by atoms with Crippen LogP contribution in [-0.4, -0.2) is 23.9 Å². The van der Waals surface area contributed by atoms with Gasteiger partial charge in [-0.25, -0.2) is 4.79 Å². The maximum absolute atomic E-state index is 12.6. The van der Waals surface area contributed by atoms with E-state index in [2.05, 4.69) is 15.9 Å². The molecule has 0 radical (unpaired) electrons. The number of rotatable bonds is 5. The molecule has 3 nitrogen and oxygen atoms in total. The van der Waals surface area contributed by atoms with E-state index in [0.717, 1.165) is 6.07 Å². The quantitative estimate of drug-likeness (QED) is 0.425. The Labute approximate surface area is 132 Å². The summed E-state index contributed by atoms with van der Waals surface area (Å²) in [6.07, 6.45) is 0. The summed E-state index contributed by atoms with van der Waals surface area (Å²) in [6, 6.07) is 3.74. The Bertz CT molecular complexity index is 546. The van der Waals surface area contributed by atoms with Gasteiger partial charge in [-0.3, -0.25) is 4.79 Å². The molecule has 0 heterocycles. The summed E-state index contributed by atoms with van der Waals surface area (Å²) >= 11 is 2.69. The predicted octanol–water partition coefficient (Wildman–Crippen LogP) is 4.50. The predicted molar refractivity (Wildman–Crippen MR) is 76.7 cm³/mol. The van der Waals surface area contributed by atoms with Gasteiger partial charge in [0.05, 0.1) is 17.0 Å². The van der Waals surface area contributed by atoms with Crippen LogP contribution in [0, 0.1) is 0 Å². The zero-order valence-electron chi connectivity index (χ0n) is 11.2. The van der Waals surface area contributed by atoms with Crippen molar-refractivity contribution in [1.29, 1.82) is 0 Å². The number of hydrogen-bond acceptors (Lipinski definition) is 4. The molecule has 1 aromatic carbocycles. The van der Waals surface area contributed by atoms with Crippen LogP contribution in [0.5, 0.6) is 0 Å². The highest BCUT2D eigenvalue weighted by molar-refractivity contribution is 9.09. The number of esters is 1. The van der Waals surface area contributed by atoms with Crippen molar-refractivity contribution >= 4 is 39.4 Å². The van der Waals surface area contributed by atoms with Crippen molar-refractivity contribution in [3.05, 3.63) is 29.3 Å². The topological polar surface area (TPSA) is 43.4 Å². The van der Waals surface area contributed by atoms with Gasteiger partial charge in [-0.2, -0.15) is 13.2 Å². The average molecular weight is 385 g/mol. The molecule has 116 valence electrons. The number of alkyl halides is 4. The Morgan fingerprint density at radius 2 is 2.00 bits per heavy atom. The second kappa shape index (κ2) is 7.31. The van der Waals surface area contributed by atoms with Crippen LogP contribution in [0.15, 0.2) is 23.1 Å². The number of Topliss-reactive ketones (excluding diaryl/α,β-unsaturated/α-hetero) is 1. The minimum atomic E-state index is -4.52. The first-order chi connectivity index (χ1) is 9.65. The molecule has 0 aliphatic rings. The van der Waals surface area contributed by atoms with Crippen LogP contribution in [0.4, 0.5) is 13.2 Å². The third kappa shape index (κ3) is 5.35. The smallest absolute Gasteiger partial charge is 0.446 e. The third-order valence-corrected chi connectivity index (χ3v) is 4.32. The summed E-state index contributed by atoms with van der Waals surface area (Å²) in [5.41, 5.74) is -4.35. The highest BCUT2D eigenvalue weighted by Crippen LogP contribution is 2.42. The van der Waals surface area contributed by atoms with Gasteiger partial charge in [-0.05, 0) is 43.3 Å². The van der Waals surface area contributed by atoms with Gasteiger partial charge in [0, 0.05) is 4.90 Å². The third-order valence-electron chi connectivity index (χ3n) is 2.38. The molecule has 0 saturated heterocycles. The van der Waals surface area contributed by atoms with Crippen molar-refractivity contribution in [2.75, 3.05) is 6.61 Å². The van der Waals surface area contributed by atoms with Crippen LogP contribution >= 0.6 is 27.7 Å². The number of halogens is 4. The molecule has 0 bridgehead atoms. The van der Waals surface area contributed by atoms with Gasteiger partial charge < -0.3 is 4.74 Å². The van der Waals surface area contributed by atoms with Gasteiger partial charge >= 0.3 is 11.5 Å². The zero-order chi connectivity index (χ0) is 16.2. The number of benzene rings is 1. The lowest BCUT2D eigenvalue weighted by atomic mass is 10.1. The molecule has 0 amide bonds. The molecule has 1 unspecified atom stereocenters. The highest BCUT2D eigenvalue weighted by Gasteiger charge is 2.32. The number of hydrogen-bond donors (Lipinski definition) is 0. The summed E-state index contributed by atoms with van der Waals surface area (Å²) in [6.45, 7) is 2.99. The molecule has 0 aromatic heterocycles. The Morgan fingerprint density at radius 3 is 2.48 bits per heavy atom. The molecular weight excluding hydrogens is 373 g/mol. The molecule has 0 fully saturated rings. The minimum Gasteiger partial charge on any atom is -0.462 e. The Kier molecular flexibility index (Phi) is 6.27. The molecule has 1 rings (SSSR count). The molecule has 0 N–H and O–H groups in total. The maximum Gasteiger partial charge on any atom is 0.446 e. The Morgan fingerprint density at radius 1 is 1.38 bits per heavy atom. The summed E-state index contributed by atoms with van der Waals surface area (Å²) in [5, 5.41) is 0. The molecule has 0 spiro atoms. The van der Waals surface area contributed by atoms with Gasteiger partial charge in [-0.15, -0.1) is 0 Å². The van der Waals surface area contributed by atoms with Crippen molar-refractivity contribution < 1.29 is 27.5 Å². The number of carbonyl (C=O) groups is 2. The lowest BCUT2D eigenvalue weighted by Gasteiger charge is -2.15. The molecule has 21 heavy (non-hydrogen) atoms. The number of carbonyl (C=O) groups excluding carboxylic acids is 2. The fourth-order valence-corrected chi connectivity index (χ4v) is 2.81. The normalized spacial score (nSPS) is 12.9. The highest BCUT2D eigenvalue weighted by atomic mass is 79.9. The van der Waals surface area contributed by atoms with Gasteiger partial charge in [-0.1, -0.05) is 22.0 Å². The zero-order valence-corrected chi connectivity index (χ0v) is 13.6. The largest absolute Gasteiger partial charge is 0.462 e. The summed E-state index contributed by atoms with van der Waals surface area (Å²) < 4.78 is 42.6. The first kappa shape index (κ1) is 18.0. The first-order valence-corrected chi connectivity index (χ1v) is 7.60. The number of ether oxygens (including phenoxy) is 1. The maximum atomic E-state index is 12.6. The van der Waals surface area contributed by atoms with E-state index >= 15 is 0 Å². The average Bonchev–Trinajstić information content (AvgIpc) is 2.36. The Hall–Kier alpha value is -1.02. The molecular formula is C13H12BrF3O3S. The number of thioether (sulfide) groups is 1. The van der Waals surface area contributed by atoms with Gasteiger partial charge in [0.25, 0.3) is 0 Å². The lowest BCUT2D eigenvalue weighted by molar-refractivity contribution is -0.116. The van der Waals surface area contributed by atoms with E-state index in [0.29, 0.717) is 0 Å². The van der Waals surface area contributed by atoms with Crippen molar-refractivity contribution in [3.8, 4) is 0 Å². The van der Waals surface area contributed by atoms with Crippen LogP contribution in [0.25, 0.3) is 0 Å². The lowest BCUT2D eigenvalue weighted by Crippen LogP contribution is -2.09. The van der Waals surface area contributed by atoms with E-state index in [4.69, 9.17) is 4.74 Å². The van der Waals surface area contributed by atoms with Gasteiger partial charge in [0.1, 0.15) is 5.78 Å². The van der Waals surface area contributed by atoms with E-state index in [-0.39, 0.29) is 40.2 Å². The van der Waals surface area contributed by atoms with E-state index in [1.807, 2.05) is 0 Å². The fraction of sp³-hybridized carbons (Fsp3) is 0.385. The summed E-state index contributed by atoms with van der Waals surface area (Å²) in [4.78, 5) is 21.9. The van der Waals surface area contributed by atoms with Crippen molar-refractivity contribution in [2.45, 2.75) is 29.1 Å². The summed E-state index contributed by atoms with van der Waals surface area (Å²) in [5.74, 6) is -1.04. The SMILES string of the molecule is CCOC(=O)c1ccc(C(Br)C(C)=O)c(SC(F)(F)F)c1. The molecule has 1 aromatic rings. The van der Waals surface area contributed by atoms with Crippen LogP contribution in [0.2, 0.25) is 0 Å². The first-order valence-electron chi connectivity index (χ1n) is 5.87. The van der Waals surface area contributed by atoms with E-state index in [1.54, 1.807) is 6.92 Å². The number of ketones is 1. The van der Waals surface area contributed by atoms with Crippen LogP contribution in [-0.2, 0) is 9.53 Å². The monoisotopic (exact) mass is 384 g/mol. The molecule has 0 saturated carbocycles. The minimum absolute atomic E-state index is 0.00982. The molecule has 1 atom stereocenters. The van der Waals surface area contributed by atoms with Crippen molar-refractivity contribution in [3.63, 3.8) is 0 Å². The van der Waals surface area contributed by atoms with Crippen LogP contribution < -0.4 is 0 Å². The van der Waals surface area contributed by atoms with Crippen LogP contribution in [0.1, 0.15) is 34.6 Å². The van der Waals surface area contributed by atoms with Crippen molar-refractivity contribution in [1.82, 2.24) is 0 Å². The van der Waals surface area contributed by atoms with Gasteiger partial charge in [0.15, 0.2) is 0 Å². The molecule has 0 aliphatic heterocycles. The van der Waals surface area contributed by atoms with E-state index < -0.39 is 16.3 Å².